The van der Waals surface area contributed by atoms with Crippen LogP contribution in [0.4, 0.5) is 0 Å². The lowest BCUT2D eigenvalue weighted by Gasteiger charge is -2.30. The van der Waals surface area contributed by atoms with E-state index in [1.807, 2.05) is 0 Å². The highest BCUT2D eigenvalue weighted by molar-refractivity contribution is 4.66. The van der Waals surface area contributed by atoms with E-state index in [-0.39, 0.29) is 0 Å². The predicted molar refractivity (Wildman–Crippen MR) is 42.0 cm³/mol. The Labute approximate surface area is 67.2 Å². The Balaban J connectivity index is 2.12. The van der Waals surface area contributed by atoms with E-state index in [1.165, 1.54) is 0 Å². The highest BCUT2D eigenvalue weighted by Gasteiger charge is 2.15. The molecule has 0 aromatic rings. The molecule has 0 radical (unpaired) electrons. The maximum Gasteiger partial charge on any atom is 0.0806 e. The lowest BCUT2D eigenvalue weighted by Crippen LogP contribution is -2.42. The average molecular weight is 160 g/mol. The Hall–Kier alpha value is -0.160. The number of rotatable bonds is 3. The molecule has 4 heteroatoms. The van der Waals surface area contributed by atoms with Crippen molar-refractivity contribution in [3.63, 3.8) is 0 Å². The summed E-state index contributed by atoms with van der Waals surface area (Å²) >= 11 is 0. The van der Waals surface area contributed by atoms with Gasteiger partial charge >= 0.3 is 0 Å². The predicted octanol–water partition coefficient (Wildman–Crippen LogP) is -0.403. The standard InChI is InChI=1S/C7H16N2O2/c1-7-6-9(2-4-10-7)3-5-11-8/h7H,2-6,8H2,1H3. The Bertz CT molecular complexity index is 111. The van der Waals surface area contributed by atoms with Gasteiger partial charge in [-0.25, -0.2) is 5.90 Å². The third-order valence-corrected chi connectivity index (χ3v) is 1.85. The van der Waals surface area contributed by atoms with E-state index in [0.29, 0.717) is 12.7 Å². The molecule has 0 amide bonds. The molecule has 0 aliphatic carbocycles. The zero-order valence-electron chi connectivity index (χ0n) is 6.95. The first kappa shape index (κ1) is 8.93. The van der Waals surface area contributed by atoms with Crippen molar-refractivity contribution >= 4 is 0 Å². The molecular weight excluding hydrogens is 144 g/mol. The number of hydrogen-bond acceptors (Lipinski definition) is 4. The number of ether oxygens (including phenoxy) is 1. The van der Waals surface area contributed by atoms with Crippen molar-refractivity contribution < 1.29 is 9.57 Å². The summed E-state index contributed by atoms with van der Waals surface area (Å²) in [6.07, 6.45) is 0.349. The van der Waals surface area contributed by atoms with Gasteiger partial charge in [0.15, 0.2) is 0 Å². The van der Waals surface area contributed by atoms with Gasteiger partial charge in [-0.3, -0.25) is 4.90 Å². The van der Waals surface area contributed by atoms with Gasteiger partial charge in [0.25, 0.3) is 0 Å². The molecule has 0 aromatic heterocycles. The molecule has 1 atom stereocenters. The van der Waals surface area contributed by atoms with E-state index in [4.69, 9.17) is 10.6 Å². The first-order chi connectivity index (χ1) is 5.33. The molecule has 0 aromatic carbocycles. The molecule has 1 unspecified atom stereocenters. The summed E-state index contributed by atoms with van der Waals surface area (Å²) in [5.74, 6) is 4.92. The number of nitrogens with zero attached hydrogens (tertiary/aromatic N) is 1. The van der Waals surface area contributed by atoms with Crippen LogP contribution in [0, 0.1) is 0 Å². The number of hydrogen-bond donors (Lipinski definition) is 1. The maximum absolute atomic E-state index is 5.37. The Morgan fingerprint density at radius 2 is 2.55 bits per heavy atom. The number of morpholine rings is 1. The molecule has 2 N–H and O–H groups in total. The van der Waals surface area contributed by atoms with Crippen molar-refractivity contribution in [2.24, 2.45) is 5.90 Å². The third kappa shape index (κ3) is 3.16. The maximum atomic E-state index is 5.37. The minimum Gasteiger partial charge on any atom is -0.376 e. The van der Waals surface area contributed by atoms with Gasteiger partial charge in [0.05, 0.1) is 19.3 Å². The van der Waals surface area contributed by atoms with Crippen molar-refractivity contribution in [1.82, 2.24) is 4.90 Å². The summed E-state index contributed by atoms with van der Waals surface area (Å²) in [5.41, 5.74) is 0. The molecule has 11 heavy (non-hydrogen) atoms. The highest BCUT2D eigenvalue weighted by atomic mass is 16.6. The van der Waals surface area contributed by atoms with Crippen LogP contribution in [0.5, 0.6) is 0 Å². The van der Waals surface area contributed by atoms with Gasteiger partial charge in [-0.1, -0.05) is 0 Å². The first-order valence-corrected chi connectivity index (χ1v) is 3.98. The topological polar surface area (TPSA) is 47.7 Å². The minimum atomic E-state index is 0.349. The summed E-state index contributed by atoms with van der Waals surface area (Å²) in [7, 11) is 0. The van der Waals surface area contributed by atoms with E-state index < -0.39 is 0 Å². The Morgan fingerprint density at radius 1 is 1.73 bits per heavy atom. The van der Waals surface area contributed by atoms with Crippen LogP contribution in [-0.4, -0.2) is 43.9 Å². The molecule has 1 rings (SSSR count). The van der Waals surface area contributed by atoms with Crippen LogP contribution in [0.2, 0.25) is 0 Å². The molecule has 1 aliphatic heterocycles. The van der Waals surface area contributed by atoms with Gasteiger partial charge in [-0.15, -0.1) is 0 Å². The van der Waals surface area contributed by atoms with E-state index in [0.717, 1.165) is 26.2 Å². The van der Waals surface area contributed by atoms with E-state index in [1.54, 1.807) is 0 Å². The molecule has 4 nitrogen and oxygen atoms in total. The van der Waals surface area contributed by atoms with Crippen LogP contribution in [0.15, 0.2) is 0 Å². The summed E-state index contributed by atoms with van der Waals surface area (Å²) < 4.78 is 5.37. The third-order valence-electron chi connectivity index (χ3n) is 1.85. The zero-order valence-corrected chi connectivity index (χ0v) is 6.95. The van der Waals surface area contributed by atoms with Crippen LogP contribution in [-0.2, 0) is 9.57 Å². The van der Waals surface area contributed by atoms with Crippen LogP contribution >= 0.6 is 0 Å². The van der Waals surface area contributed by atoms with Crippen LogP contribution in [0.1, 0.15) is 6.92 Å². The van der Waals surface area contributed by atoms with Gasteiger partial charge in [0.2, 0.25) is 0 Å². The van der Waals surface area contributed by atoms with Crippen molar-refractivity contribution in [3.05, 3.63) is 0 Å². The summed E-state index contributed by atoms with van der Waals surface area (Å²) in [6.45, 7) is 6.40. The molecule has 1 heterocycles. The normalized spacial score (nSPS) is 27.3. The number of nitrogens with two attached hydrogens (primary N) is 1. The van der Waals surface area contributed by atoms with Crippen molar-refractivity contribution in [2.45, 2.75) is 13.0 Å². The molecular formula is C7H16N2O2. The zero-order chi connectivity index (χ0) is 8.10. The van der Waals surface area contributed by atoms with Gasteiger partial charge < -0.3 is 9.57 Å². The fraction of sp³-hybridized carbons (Fsp3) is 1.00. The quantitative estimate of drug-likeness (QED) is 0.571. The van der Waals surface area contributed by atoms with E-state index in [9.17, 15) is 0 Å². The van der Waals surface area contributed by atoms with Gasteiger partial charge in [0, 0.05) is 19.6 Å². The smallest absolute Gasteiger partial charge is 0.0806 e. The monoisotopic (exact) mass is 160 g/mol. The lowest BCUT2D eigenvalue weighted by molar-refractivity contribution is -0.0271. The second-order valence-electron chi connectivity index (χ2n) is 2.85. The fourth-order valence-electron chi connectivity index (χ4n) is 1.28. The van der Waals surface area contributed by atoms with Gasteiger partial charge in [-0.2, -0.15) is 0 Å². The van der Waals surface area contributed by atoms with E-state index in [2.05, 4.69) is 16.7 Å². The molecule has 1 fully saturated rings. The van der Waals surface area contributed by atoms with Crippen molar-refractivity contribution in [3.8, 4) is 0 Å². The molecule has 1 saturated heterocycles. The highest BCUT2D eigenvalue weighted by Crippen LogP contribution is 2.02. The van der Waals surface area contributed by atoms with Gasteiger partial charge in [0.1, 0.15) is 0 Å². The Kier molecular flexibility index (Phi) is 3.79. The van der Waals surface area contributed by atoms with Crippen molar-refractivity contribution in [1.29, 1.82) is 0 Å². The van der Waals surface area contributed by atoms with Crippen LogP contribution in [0.25, 0.3) is 0 Å². The fourth-order valence-corrected chi connectivity index (χ4v) is 1.28. The summed E-state index contributed by atoms with van der Waals surface area (Å²) in [5, 5.41) is 0. The van der Waals surface area contributed by atoms with Crippen LogP contribution in [0.3, 0.4) is 0 Å². The van der Waals surface area contributed by atoms with Crippen molar-refractivity contribution in [2.75, 3.05) is 32.8 Å². The van der Waals surface area contributed by atoms with Gasteiger partial charge in [-0.05, 0) is 6.92 Å². The average Bonchev–Trinajstić information content (AvgIpc) is 2.01. The summed E-state index contributed by atoms with van der Waals surface area (Å²) in [4.78, 5) is 6.79. The largest absolute Gasteiger partial charge is 0.376 e. The lowest BCUT2D eigenvalue weighted by atomic mass is 10.3. The second-order valence-corrected chi connectivity index (χ2v) is 2.85. The molecule has 0 saturated carbocycles. The Morgan fingerprint density at radius 3 is 3.18 bits per heavy atom. The molecule has 1 aliphatic rings. The minimum absolute atomic E-state index is 0.349. The second kappa shape index (κ2) is 4.66. The first-order valence-electron chi connectivity index (χ1n) is 3.98. The molecule has 0 bridgehead atoms. The van der Waals surface area contributed by atoms with Crippen LogP contribution < -0.4 is 5.90 Å². The SMILES string of the molecule is CC1CN(CCON)CCO1. The molecule has 66 valence electrons. The van der Waals surface area contributed by atoms with E-state index >= 15 is 0 Å². The molecule has 0 spiro atoms. The summed E-state index contributed by atoms with van der Waals surface area (Å²) in [6, 6.07) is 0.